The van der Waals surface area contributed by atoms with Crippen LogP contribution in [0.2, 0.25) is 0 Å². The first-order valence-electron chi connectivity index (χ1n) is 9.46. The fraction of sp³-hybridized carbons (Fsp3) is 0.125. The Morgan fingerprint density at radius 1 is 0.935 bits per heavy atom. The maximum absolute atomic E-state index is 12.9. The molecule has 0 N–H and O–H groups in total. The second-order valence-corrected chi connectivity index (χ2v) is 7.57. The van der Waals surface area contributed by atoms with Crippen LogP contribution in [-0.4, -0.2) is 37.6 Å². The number of carbonyl (C=O) groups excluding carboxylic acids is 2. The number of ether oxygens (including phenoxy) is 3. The minimum absolute atomic E-state index is 0.342. The summed E-state index contributed by atoms with van der Waals surface area (Å²) < 4.78 is 15.8. The van der Waals surface area contributed by atoms with E-state index in [1.165, 1.54) is 25.6 Å². The van der Waals surface area contributed by atoms with Gasteiger partial charge in [-0.2, -0.15) is 0 Å². The highest BCUT2D eigenvalue weighted by Gasteiger charge is 2.18. The van der Waals surface area contributed by atoms with Gasteiger partial charge in [-0.3, -0.25) is 4.79 Å². The first-order chi connectivity index (χ1) is 15.1. The van der Waals surface area contributed by atoms with Crippen molar-refractivity contribution in [1.29, 1.82) is 0 Å². The summed E-state index contributed by atoms with van der Waals surface area (Å²) in [7, 11) is 3.01. The molecule has 156 valence electrons. The normalized spacial score (nSPS) is 10.6. The Balaban J connectivity index is 1.58. The van der Waals surface area contributed by atoms with Gasteiger partial charge in [-0.05, 0) is 41.8 Å². The van der Waals surface area contributed by atoms with E-state index in [0.29, 0.717) is 39.2 Å². The predicted molar refractivity (Wildman–Crippen MR) is 119 cm³/mol. The fourth-order valence-electron chi connectivity index (χ4n) is 3.20. The first kappa shape index (κ1) is 20.6. The number of rotatable bonds is 7. The number of ketones is 1. The number of nitrogens with zero attached hydrogens (tertiary/aromatic N) is 1. The highest BCUT2D eigenvalue weighted by molar-refractivity contribution is 7.13. The SMILES string of the molecule is COc1ccc(C(=O)COC(=O)c2cc(-c3cccs3)nc3ccccc23)cc1OC. The minimum Gasteiger partial charge on any atom is -0.493 e. The van der Waals surface area contributed by atoms with Crippen molar-refractivity contribution in [2.24, 2.45) is 0 Å². The summed E-state index contributed by atoms with van der Waals surface area (Å²) in [5.41, 5.74) is 2.11. The summed E-state index contributed by atoms with van der Waals surface area (Å²) in [6, 6.07) is 17.7. The molecule has 0 aliphatic carbocycles. The van der Waals surface area contributed by atoms with Crippen LogP contribution >= 0.6 is 11.3 Å². The monoisotopic (exact) mass is 433 g/mol. The van der Waals surface area contributed by atoms with Crippen molar-refractivity contribution in [3.05, 3.63) is 77.2 Å². The van der Waals surface area contributed by atoms with Gasteiger partial charge in [0.05, 0.1) is 35.9 Å². The lowest BCUT2D eigenvalue weighted by molar-refractivity contribution is 0.0476. The largest absolute Gasteiger partial charge is 0.493 e. The molecule has 0 fully saturated rings. The molecule has 4 rings (SSSR count). The number of para-hydroxylation sites is 1. The Kier molecular flexibility index (Phi) is 5.95. The topological polar surface area (TPSA) is 74.7 Å². The minimum atomic E-state index is -0.578. The number of Topliss-reactive ketones (excluding diaryl/α,β-unsaturated/α-hetero) is 1. The van der Waals surface area contributed by atoms with Gasteiger partial charge in [-0.25, -0.2) is 9.78 Å². The van der Waals surface area contributed by atoms with Crippen molar-refractivity contribution in [3.63, 3.8) is 0 Å². The average Bonchev–Trinajstić information content (AvgIpc) is 3.36. The molecule has 0 atom stereocenters. The molecule has 4 aromatic rings. The van der Waals surface area contributed by atoms with Crippen LogP contribution in [0.1, 0.15) is 20.7 Å². The third-order valence-electron chi connectivity index (χ3n) is 4.75. The summed E-state index contributed by atoms with van der Waals surface area (Å²) in [5.74, 6) is 0.0252. The van der Waals surface area contributed by atoms with Crippen LogP contribution in [0.15, 0.2) is 66.0 Å². The first-order valence-corrected chi connectivity index (χ1v) is 10.3. The van der Waals surface area contributed by atoms with Crippen LogP contribution < -0.4 is 9.47 Å². The van der Waals surface area contributed by atoms with Gasteiger partial charge < -0.3 is 14.2 Å². The number of benzene rings is 2. The van der Waals surface area contributed by atoms with Gasteiger partial charge in [0.1, 0.15) is 0 Å². The van der Waals surface area contributed by atoms with E-state index in [-0.39, 0.29) is 12.4 Å². The summed E-state index contributed by atoms with van der Waals surface area (Å²) in [5, 5.41) is 2.62. The van der Waals surface area contributed by atoms with E-state index < -0.39 is 5.97 Å². The van der Waals surface area contributed by atoms with Crippen molar-refractivity contribution in [2.45, 2.75) is 0 Å². The number of hydrogen-bond acceptors (Lipinski definition) is 7. The zero-order valence-corrected chi connectivity index (χ0v) is 17.8. The van der Waals surface area contributed by atoms with E-state index in [2.05, 4.69) is 4.98 Å². The molecule has 0 saturated carbocycles. The van der Waals surface area contributed by atoms with Crippen molar-refractivity contribution >= 4 is 34.0 Å². The molecule has 0 unspecified atom stereocenters. The highest BCUT2D eigenvalue weighted by atomic mass is 32.1. The van der Waals surface area contributed by atoms with E-state index in [4.69, 9.17) is 14.2 Å². The molecular weight excluding hydrogens is 414 g/mol. The van der Waals surface area contributed by atoms with Gasteiger partial charge in [0.15, 0.2) is 23.9 Å². The van der Waals surface area contributed by atoms with E-state index in [0.717, 1.165) is 4.88 Å². The Morgan fingerprint density at radius 3 is 2.48 bits per heavy atom. The van der Waals surface area contributed by atoms with Crippen LogP contribution in [0.3, 0.4) is 0 Å². The summed E-state index contributed by atoms with van der Waals surface area (Å²) in [4.78, 5) is 31.1. The number of hydrogen-bond donors (Lipinski definition) is 0. The van der Waals surface area contributed by atoms with Crippen molar-refractivity contribution in [2.75, 3.05) is 20.8 Å². The van der Waals surface area contributed by atoms with Gasteiger partial charge in [-0.15, -0.1) is 11.3 Å². The van der Waals surface area contributed by atoms with Crippen LogP contribution in [0.4, 0.5) is 0 Å². The third kappa shape index (κ3) is 4.27. The number of thiophene rings is 1. The average molecular weight is 433 g/mol. The van der Waals surface area contributed by atoms with E-state index in [1.807, 2.05) is 41.8 Å². The van der Waals surface area contributed by atoms with Gasteiger partial charge in [-0.1, -0.05) is 24.3 Å². The molecule has 0 spiro atoms. The molecule has 2 aromatic heterocycles. The second-order valence-electron chi connectivity index (χ2n) is 6.62. The molecule has 0 amide bonds. The number of carbonyl (C=O) groups is 2. The number of methoxy groups -OCH3 is 2. The number of fused-ring (bicyclic) bond motifs is 1. The molecule has 7 heteroatoms. The summed E-state index contributed by atoms with van der Waals surface area (Å²) in [6.07, 6.45) is 0. The molecule has 6 nitrogen and oxygen atoms in total. The Labute approximate surface area is 183 Å². The Hall–Kier alpha value is -3.71. The van der Waals surface area contributed by atoms with E-state index in [9.17, 15) is 9.59 Å². The molecule has 2 heterocycles. The van der Waals surface area contributed by atoms with Crippen LogP contribution in [0.5, 0.6) is 11.5 Å². The molecule has 0 radical (unpaired) electrons. The lowest BCUT2D eigenvalue weighted by atomic mass is 10.1. The van der Waals surface area contributed by atoms with Crippen molar-refractivity contribution < 1.29 is 23.8 Å². The maximum Gasteiger partial charge on any atom is 0.339 e. The molecule has 0 bridgehead atoms. The quantitative estimate of drug-likeness (QED) is 0.301. The standard InChI is InChI=1S/C24H19NO5S/c1-28-21-10-9-15(12-22(21)29-2)20(26)14-30-24(27)17-13-19(23-8-5-11-31-23)25-18-7-4-3-6-16(17)18/h3-13H,14H2,1-2H3. The van der Waals surface area contributed by atoms with Gasteiger partial charge in [0.2, 0.25) is 0 Å². The predicted octanol–water partition coefficient (Wildman–Crippen LogP) is 5.02. The zero-order chi connectivity index (χ0) is 21.8. The number of aromatic nitrogens is 1. The summed E-state index contributed by atoms with van der Waals surface area (Å²) >= 11 is 1.54. The Bertz CT molecular complexity index is 1250. The third-order valence-corrected chi connectivity index (χ3v) is 5.64. The number of pyridine rings is 1. The second kappa shape index (κ2) is 8.97. The van der Waals surface area contributed by atoms with E-state index >= 15 is 0 Å². The fourth-order valence-corrected chi connectivity index (χ4v) is 3.88. The van der Waals surface area contributed by atoms with Gasteiger partial charge >= 0.3 is 5.97 Å². The molecule has 0 aliphatic heterocycles. The molecule has 31 heavy (non-hydrogen) atoms. The van der Waals surface area contributed by atoms with Crippen LogP contribution in [-0.2, 0) is 4.74 Å². The molecule has 0 aliphatic rings. The smallest absolute Gasteiger partial charge is 0.339 e. The number of esters is 1. The maximum atomic E-state index is 12.9. The van der Waals surface area contributed by atoms with Gasteiger partial charge in [0, 0.05) is 10.9 Å². The lowest BCUT2D eigenvalue weighted by Gasteiger charge is -2.11. The molecular formula is C24H19NO5S. The van der Waals surface area contributed by atoms with Crippen molar-refractivity contribution in [3.8, 4) is 22.1 Å². The van der Waals surface area contributed by atoms with Gasteiger partial charge in [0.25, 0.3) is 0 Å². The van der Waals surface area contributed by atoms with E-state index in [1.54, 1.807) is 24.3 Å². The molecule has 2 aromatic carbocycles. The molecule has 0 saturated heterocycles. The van der Waals surface area contributed by atoms with Crippen LogP contribution in [0.25, 0.3) is 21.5 Å². The van der Waals surface area contributed by atoms with Crippen LogP contribution in [0, 0.1) is 0 Å². The summed E-state index contributed by atoms with van der Waals surface area (Å²) in [6.45, 7) is -0.390. The Morgan fingerprint density at radius 2 is 1.74 bits per heavy atom. The highest BCUT2D eigenvalue weighted by Crippen LogP contribution is 2.29. The zero-order valence-electron chi connectivity index (χ0n) is 17.0. The lowest BCUT2D eigenvalue weighted by Crippen LogP contribution is -2.15. The van der Waals surface area contributed by atoms with Crippen molar-refractivity contribution in [1.82, 2.24) is 4.98 Å².